The van der Waals surface area contributed by atoms with Crippen LogP contribution in [0.2, 0.25) is 0 Å². The summed E-state index contributed by atoms with van der Waals surface area (Å²) in [5.74, 6) is 1.11. The number of fused-ring (bicyclic) bond motifs is 2. The van der Waals surface area contributed by atoms with Gasteiger partial charge in [-0.1, -0.05) is 19.1 Å². The van der Waals surface area contributed by atoms with Crippen LogP contribution >= 0.6 is 0 Å². The van der Waals surface area contributed by atoms with Gasteiger partial charge in [-0.25, -0.2) is 0 Å². The summed E-state index contributed by atoms with van der Waals surface area (Å²) in [5, 5.41) is 6.89. The molecule has 1 saturated heterocycles. The molecule has 2 unspecified atom stereocenters. The molecule has 2 N–H and O–H groups in total. The van der Waals surface area contributed by atoms with Crippen molar-refractivity contribution in [3.63, 3.8) is 0 Å². The molecule has 1 aliphatic carbocycles. The number of methoxy groups -OCH3 is 1. The van der Waals surface area contributed by atoms with Gasteiger partial charge < -0.3 is 15.4 Å². The summed E-state index contributed by atoms with van der Waals surface area (Å²) < 4.78 is 5.00. The van der Waals surface area contributed by atoms with Gasteiger partial charge in [0.25, 0.3) is 0 Å². The van der Waals surface area contributed by atoms with E-state index in [4.69, 9.17) is 4.74 Å². The van der Waals surface area contributed by atoms with E-state index in [-0.39, 0.29) is 18.6 Å². The van der Waals surface area contributed by atoms with E-state index >= 15 is 0 Å². The Labute approximate surface area is 156 Å². The van der Waals surface area contributed by atoms with Crippen LogP contribution in [-0.4, -0.2) is 55.7 Å². The third-order valence-electron chi connectivity index (χ3n) is 6.47. The maximum absolute atomic E-state index is 12.1. The van der Waals surface area contributed by atoms with Crippen molar-refractivity contribution >= 4 is 11.6 Å². The Morgan fingerprint density at radius 2 is 2.19 bits per heavy atom. The number of hydrogen-bond acceptors (Lipinski definition) is 4. The molecule has 0 saturated carbocycles. The summed E-state index contributed by atoms with van der Waals surface area (Å²) in [7, 11) is 1.57. The minimum atomic E-state index is -0.00494. The average molecular weight is 357 g/mol. The maximum atomic E-state index is 12.1. The first-order chi connectivity index (χ1) is 12.6. The van der Waals surface area contributed by atoms with Crippen LogP contribution in [0, 0.1) is 0 Å². The van der Waals surface area contributed by atoms with Crippen molar-refractivity contribution in [2.75, 3.05) is 32.1 Å². The zero-order valence-corrected chi connectivity index (χ0v) is 16.1. The number of ether oxygens (including phenoxy) is 1. The molecule has 3 aliphatic rings. The Morgan fingerprint density at radius 1 is 1.35 bits per heavy atom. The van der Waals surface area contributed by atoms with Crippen LogP contribution in [0.3, 0.4) is 0 Å². The molecule has 1 fully saturated rings. The SMILES string of the molecule is CCCN1C[C@@H](NC(=O)COC)C[C@@H]2c3cccc4c3C(C[C@H]21)C(C)N4. The lowest BCUT2D eigenvalue weighted by Crippen LogP contribution is -2.57. The molecule has 2 aliphatic heterocycles. The highest BCUT2D eigenvalue weighted by molar-refractivity contribution is 5.77. The second kappa shape index (κ2) is 7.20. The van der Waals surface area contributed by atoms with Crippen molar-refractivity contribution in [3.8, 4) is 0 Å². The molecule has 4 rings (SSSR count). The van der Waals surface area contributed by atoms with Crippen LogP contribution in [0.1, 0.15) is 56.1 Å². The third-order valence-corrected chi connectivity index (χ3v) is 6.47. The lowest BCUT2D eigenvalue weighted by molar-refractivity contribution is -0.126. The fourth-order valence-electron chi connectivity index (χ4n) is 5.53. The summed E-state index contributed by atoms with van der Waals surface area (Å²) in [5.41, 5.74) is 4.37. The van der Waals surface area contributed by atoms with Crippen LogP contribution in [-0.2, 0) is 9.53 Å². The van der Waals surface area contributed by atoms with Crippen LogP contribution in [0.5, 0.6) is 0 Å². The largest absolute Gasteiger partial charge is 0.382 e. The number of benzene rings is 1. The van der Waals surface area contributed by atoms with Crippen molar-refractivity contribution in [1.29, 1.82) is 0 Å². The Hall–Kier alpha value is -1.59. The number of nitrogens with one attached hydrogen (secondary N) is 2. The lowest BCUT2D eigenvalue weighted by Gasteiger charge is -2.49. The smallest absolute Gasteiger partial charge is 0.246 e. The Balaban J connectivity index is 1.64. The predicted octanol–water partition coefficient (Wildman–Crippen LogP) is 2.69. The molecule has 5 atom stereocenters. The molecule has 26 heavy (non-hydrogen) atoms. The van der Waals surface area contributed by atoms with Gasteiger partial charge in [0.05, 0.1) is 0 Å². The lowest BCUT2D eigenvalue weighted by atomic mass is 9.68. The quantitative estimate of drug-likeness (QED) is 0.851. The normalized spacial score (nSPS) is 32.5. The minimum Gasteiger partial charge on any atom is -0.382 e. The molecule has 1 amide bonds. The van der Waals surface area contributed by atoms with Gasteiger partial charge in [-0.05, 0) is 49.9 Å². The number of carbonyl (C=O) groups is 1. The Kier molecular flexibility index (Phi) is 4.93. The van der Waals surface area contributed by atoms with Crippen molar-refractivity contribution in [2.24, 2.45) is 0 Å². The van der Waals surface area contributed by atoms with Gasteiger partial charge in [0, 0.05) is 49.3 Å². The molecule has 5 heteroatoms. The molecule has 2 heterocycles. The van der Waals surface area contributed by atoms with E-state index in [2.05, 4.69) is 47.6 Å². The van der Waals surface area contributed by atoms with E-state index in [1.165, 1.54) is 17.7 Å². The second-order valence-electron chi connectivity index (χ2n) is 8.19. The summed E-state index contributed by atoms with van der Waals surface area (Å²) in [4.78, 5) is 14.7. The summed E-state index contributed by atoms with van der Waals surface area (Å²) in [6.07, 6.45) is 3.40. The number of amides is 1. The maximum Gasteiger partial charge on any atom is 0.246 e. The molecular formula is C21H31N3O2. The van der Waals surface area contributed by atoms with Crippen molar-refractivity contribution < 1.29 is 9.53 Å². The molecule has 1 aromatic rings. The van der Waals surface area contributed by atoms with Crippen molar-refractivity contribution in [3.05, 3.63) is 29.3 Å². The van der Waals surface area contributed by atoms with Crippen LogP contribution < -0.4 is 10.6 Å². The van der Waals surface area contributed by atoms with E-state index in [0.29, 0.717) is 23.9 Å². The predicted molar refractivity (Wildman–Crippen MR) is 104 cm³/mol. The molecular weight excluding hydrogens is 326 g/mol. The number of rotatable bonds is 5. The second-order valence-corrected chi connectivity index (χ2v) is 8.19. The Morgan fingerprint density at radius 3 is 2.96 bits per heavy atom. The molecule has 142 valence electrons. The van der Waals surface area contributed by atoms with E-state index in [1.807, 2.05) is 0 Å². The van der Waals surface area contributed by atoms with Gasteiger partial charge >= 0.3 is 0 Å². The fourth-order valence-corrected chi connectivity index (χ4v) is 5.53. The van der Waals surface area contributed by atoms with Gasteiger partial charge in [0.1, 0.15) is 6.61 Å². The monoisotopic (exact) mass is 357 g/mol. The highest BCUT2D eigenvalue weighted by atomic mass is 16.5. The standard InChI is InChI=1S/C21H31N3O2/c1-4-8-24-11-14(23-20(25)12-26-3)9-17-15-6-5-7-18-21(15)16(10-19(17)24)13(2)22-18/h5-7,13-14,16-17,19,22H,4,8-12H2,1-3H3,(H,23,25)/t13?,14-,16?,17+,19+/m0/s1. The first kappa shape index (κ1) is 17.8. The van der Waals surface area contributed by atoms with Gasteiger partial charge in [-0.15, -0.1) is 0 Å². The zero-order chi connectivity index (χ0) is 18.3. The van der Waals surface area contributed by atoms with Gasteiger partial charge in [-0.2, -0.15) is 0 Å². The molecule has 0 radical (unpaired) electrons. The Bertz CT molecular complexity index is 677. The third kappa shape index (κ3) is 3.01. The van der Waals surface area contributed by atoms with Crippen LogP contribution in [0.4, 0.5) is 5.69 Å². The molecule has 5 nitrogen and oxygen atoms in total. The zero-order valence-electron chi connectivity index (χ0n) is 16.1. The molecule has 1 aromatic carbocycles. The molecule has 0 spiro atoms. The number of carbonyl (C=O) groups excluding carboxylic acids is 1. The first-order valence-corrected chi connectivity index (χ1v) is 10.0. The molecule has 0 bridgehead atoms. The number of anilines is 1. The van der Waals surface area contributed by atoms with E-state index < -0.39 is 0 Å². The van der Waals surface area contributed by atoms with Crippen LogP contribution in [0.15, 0.2) is 18.2 Å². The number of hydrogen-bond donors (Lipinski definition) is 2. The van der Waals surface area contributed by atoms with Crippen molar-refractivity contribution in [2.45, 2.75) is 63.1 Å². The van der Waals surface area contributed by atoms with Gasteiger partial charge in [0.2, 0.25) is 5.91 Å². The number of nitrogens with zero attached hydrogens (tertiary/aromatic N) is 1. The van der Waals surface area contributed by atoms with Crippen LogP contribution in [0.25, 0.3) is 0 Å². The van der Waals surface area contributed by atoms with E-state index in [9.17, 15) is 4.79 Å². The highest BCUT2D eigenvalue weighted by Crippen LogP contribution is 2.52. The minimum absolute atomic E-state index is 0.00494. The average Bonchev–Trinajstić information content (AvgIpc) is 2.93. The number of piperidine rings is 1. The van der Waals surface area contributed by atoms with Gasteiger partial charge in [-0.3, -0.25) is 9.69 Å². The molecule has 0 aromatic heterocycles. The summed E-state index contributed by atoms with van der Waals surface area (Å²) in [6, 6.07) is 8.03. The van der Waals surface area contributed by atoms with Gasteiger partial charge in [0.15, 0.2) is 0 Å². The van der Waals surface area contributed by atoms with E-state index in [1.54, 1.807) is 12.7 Å². The summed E-state index contributed by atoms with van der Waals surface area (Å²) >= 11 is 0. The van der Waals surface area contributed by atoms with Crippen molar-refractivity contribution in [1.82, 2.24) is 10.2 Å². The topological polar surface area (TPSA) is 53.6 Å². The fraction of sp³-hybridized carbons (Fsp3) is 0.667. The van der Waals surface area contributed by atoms with E-state index in [0.717, 1.165) is 25.9 Å². The highest BCUT2D eigenvalue weighted by Gasteiger charge is 2.46. The summed E-state index contributed by atoms with van der Waals surface area (Å²) in [6.45, 7) is 6.75. The number of likely N-dealkylation sites (tertiary alicyclic amines) is 1. The first-order valence-electron chi connectivity index (χ1n) is 10.0.